The van der Waals surface area contributed by atoms with Crippen molar-refractivity contribution >= 4 is 0 Å². The lowest BCUT2D eigenvalue weighted by Gasteiger charge is -2.26. The van der Waals surface area contributed by atoms with Crippen molar-refractivity contribution in [3.8, 4) is 0 Å². The van der Waals surface area contributed by atoms with Gasteiger partial charge < -0.3 is 5.32 Å². The van der Waals surface area contributed by atoms with Gasteiger partial charge in [-0.25, -0.2) is 0 Å². The molecule has 2 rings (SSSR count). The summed E-state index contributed by atoms with van der Waals surface area (Å²) < 4.78 is 0. The summed E-state index contributed by atoms with van der Waals surface area (Å²) in [5, 5.41) is 3.58. The third-order valence-electron chi connectivity index (χ3n) is 2.73. The number of aromatic nitrogens is 1. The number of fused-ring (bicyclic) bond motifs is 1. The summed E-state index contributed by atoms with van der Waals surface area (Å²) in [5.41, 5.74) is 2.70. The molecule has 1 aromatic rings. The second-order valence-corrected chi connectivity index (χ2v) is 4.31. The highest BCUT2D eigenvalue weighted by molar-refractivity contribution is 5.25. The molecule has 0 saturated carbocycles. The third-order valence-corrected chi connectivity index (χ3v) is 2.73. The molecule has 0 bridgehead atoms. The fraction of sp³-hybridized carbons (Fsp3) is 0.583. The fourth-order valence-corrected chi connectivity index (χ4v) is 2.17. The summed E-state index contributed by atoms with van der Waals surface area (Å²) in [7, 11) is 0. The molecule has 1 atom stereocenters. The summed E-state index contributed by atoms with van der Waals surface area (Å²) in [4.78, 5) is 4.49. The molecule has 0 fully saturated rings. The average Bonchev–Trinajstić information content (AvgIpc) is 2.18. The number of hydrogen-bond acceptors (Lipinski definition) is 2. The van der Waals surface area contributed by atoms with E-state index in [1.54, 1.807) is 0 Å². The Balaban J connectivity index is 2.22. The lowest BCUT2D eigenvalue weighted by atomic mass is 9.91. The van der Waals surface area contributed by atoms with Gasteiger partial charge in [-0.15, -0.1) is 0 Å². The van der Waals surface area contributed by atoms with Gasteiger partial charge in [0.1, 0.15) is 0 Å². The quantitative estimate of drug-likeness (QED) is 0.775. The van der Waals surface area contributed by atoms with Crippen molar-refractivity contribution in [2.24, 2.45) is 0 Å². The van der Waals surface area contributed by atoms with Gasteiger partial charge in [0.05, 0.1) is 5.69 Å². The minimum absolute atomic E-state index is 0.472. The van der Waals surface area contributed by atoms with Crippen molar-refractivity contribution in [1.82, 2.24) is 10.3 Å². The highest BCUT2D eigenvalue weighted by Gasteiger charge is 2.20. The van der Waals surface area contributed by atoms with Crippen molar-refractivity contribution in [2.45, 2.75) is 45.2 Å². The van der Waals surface area contributed by atoms with E-state index < -0.39 is 0 Å². The van der Waals surface area contributed by atoms with Crippen LogP contribution in [-0.4, -0.2) is 11.0 Å². The van der Waals surface area contributed by atoms with E-state index in [9.17, 15) is 0 Å². The topological polar surface area (TPSA) is 24.9 Å². The molecule has 76 valence electrons. The Labute approximate surface area is 85.7 Å². The van der Waals surface area contributed by atoms with Crippen LogP contribution in [0.3, 0.4) is 0 Å². The van der Waals surface area contributed by atoms with Crippen LogP contribution in [0.25, 0.3) is 0 Å². The van der Waals surface area contributed by atoms with E-state index in [1.165, 1.54) is 30.5 Å². The maximum absolute atomic E-state index is 4.49. The highest BCUT2D eigenvalue weighted by atomic mass is 15.0. The number of nitrogens with one attached hydrogen (secondary N) is 1. The second kappa shape index (κ2) is 4.09. The van der Waals surface area contributed by atoms with Gasteiger partial charge in [-0.1, -0.05) is 19.9 Å². The van der Waals surface area contributed by atoms with Crippen LogP contribution in [0.15, 0.2) is 18.3 Å². The first-order valence-corrected chi connectivity index (χ1v) is 5.47. The van der Waals surface area contributed by atoms with Gasteiger partial charge in [-0.3, -0.25) is 4.98 Å². The van der Waals surface area contributed by atoms with E-state index >= 15 is 0 Å². The van der Waals surface area contributed by atoms with Crippen LogP contribution in [0.5, 0.6) is 0 Å². The van der Waals surface area contributed by atoms with Crippen molar-refractivity contribution < 1.29 is 0 Å². The third kappa shape index (κ3) is 1.95. The Morgan fingerprint density at radius 3 is 3.14 bits per heavy atom. The molecule has 1 heterocycles. The second-order valence-electron chi connectivity index (χ2n) is 4.31. The fourth-order valence-electron chi connectivity index (χ4n) is 2.17. The van der Waals surface area contributed by atoms with Crippen molar-refractivity contribution in [3.05, 3.63) is 29.6 Å². The number of aryl methyl sites for hydroxylation is 1. The van der Waals surface area contributed by atoms with Crippen LogP contribution < -0.4 is 5.32 Å². The van der Waals surface area contributed by atoms with Gasteiger partial charge in [-0.2, -0.15) is 0 Å². The summed E-state index contributed by atoms with van der Waals surface area (Å²) >= 11 is 0. The summed E-state index contributed by atoms with van der Waals surface area (Å²) in [6, 6.07) is 5.25. The Bertz CT molecular complexity index is 307. The lowest BCUT2D eigenvalue weighted by Crippen LogP contribution is -2.31. The average molecular weight is 190 g/mol. The number of hydrogen-bond donors (Lipinski definition) is 1. The lowest BCUT2D eigenvalue weighted by molar-refractivity contribution is 0.414. The monoisotopic (exact) mass is 190 g/mol. The zero-order valence-corrected chi connectivity index (χ0v) is 8.96. The molecule has 1 aliphatic rings. The van der Waals surface area contributed by atoms with Crippen LogP contribution in [0, 0.1) is 0 Å². The molecule has 0 saturated heterocycles. The molecule has 14 heavy (non-hydrogen) atoms. The summed E-state index contributed by atoms with van der Waals surface area (Å²) in [6.07, 6.45) is 5.60. The Kier molecular flexibility index (Phi) is 2.82. The maximum Gasteiger partial charge on any atom is 0.0605 e. The smallest absolute Gasteiger partial charge is 0.0605 e. The SMILES string of the molecule is CC(C)NC1CCCc2cccnc21. The van der Waals surface area contributed by atoms with E-state index in [-0.39, 0.29) is 0 Å². The Hall–Kier alpha value is -0.890. The molecule has 1 aliphatic carbocycles. The van der Waals surface area contributed by atoms with Crippen molar-refractivity contribution in [1.29, 1.82) is 0 Å². The van der Waals surface area contributed by atoms with Crippen LogP contribution in [0.2, 0.25) is 0 Å². The molecule has 1 aromatic heterocycles. The minimum Gasteiger partial charge on any atom is -0.306 e. The van der Waals surface area contributed by atoms with Crippen molar-refractivity contribution in [3.63, 3.8) is 0 Å². The van der Waals surface area contributed by atoms with Gasteiger partial charge in [0.25, 0.3) is 0 Å². The number of rotatable bonds is 2. The van der Waals surface area contributed by atoms with Crippen molar-refractivity contribution in [2.75, 3.05) is 0 Å². The van der Waals surface area contributed by atoms with Crippen LogP contribution in [0.4, 0.5) is 0 Å². The summed E-state index contributed by atoms with van der Waals surface area (Å²) in [5.74, 6) is 0. The Morgan fingerprint density at radius 2 is 2.36 bits per heavy atom. The van der Waals surface area contributed by atoms with Crippen LogP contribution in [-0.2, 0) is 6.42 Å². The molecule has 0 radical (unpaired) electrons. The molecule has 0 aliphatic heterocycles. The van der Waals surface area contributed by atoms with E-state index in [0.717, 1.165) is 0 Å². The predicted octanol–water partition coefficient (Wildman–Crippen LogP) is 2.46. The maximum atomic E-state index is 4.49. The number of nitrogens with zero attached hydrogens (tertiary/aromatic N) is 1. The van der Waals surface area contributed by atoms with Gasteiger partial charge in [0.2, 0.25) is 0 Å². The highest BCUT2D eigenvalue weighted by Crippen LogP contribution is 2.27. The first-order chi connectivity index (χ1) is 6.77. The zero-order valence-electron chi connectivity index (χ0n) is 8.96. The van der Waals surface area contributed by atoms with E-state index in [1.807, 2.05) is 12.3 Å². The molecule has 2 heteroatoms. The van der Waals surface area contributed by atoms with Gasteiger partial charge in [-0.05, 0) is 30.9 Å². The van der Waals surface area contributed by atoms with Gasteiger partial charge in [0.15, 0.2) is 0 Å². The normalized spacial score (nSPS) is 20.9. The molecular formula is C12H18N2. The minimum atomic E-state index is 0.472. The standard InChI is InChI=1S/C12H18N2/c1-9(2)14-11-7-3-5-10-6-4-8-13-12(10)11/h4,6,8-9,11,14H,3,5,7H2,1-2H3. The number of pyridine rings is 1. The van der Waals surface area contributed by atoms with E-state index in [2.05, 4.69) is 30.2 Å². The van der Waals surface area contributed by atoms with Gasteiger partial charge in [0, 0.05) is 18.3 Å². The first kappa shape index (κ1) is 9.66. The molecule has 0 aromatic carbocycles. The largest absolute Gasteiger partial charge is 0.306 e. The zero-order chi connectivity index (χ0) is 9.97. The molecule has 1 N–H and O–H groups in total. The first-order valence-electron chi connectivity index (χ1n) is 5.47. The van der Waals surface area contributed by atoms with Crippen LogP contribution in [0.1, 0.15) is 44.0 Å². The predicted molar refractivity (Wildman–Crippen MR) is 58.2 cm³/mol. The molecule has 0 spiro atoms. The Morgan fingerprint density at radius 1 is 1.50 bits per heavy atom. The van der Waals surface area contributed by atoms with E-state index in [0.29, 0.717) is 12.1 Å². The van der Waals surface area contributed by atoms with Gasteiger partial charge >= 0.3 is 0 Å². The molecular weight excluding hydrogens is 172 g/mol. The van der Waals surface area contributed by atoms with E-state index in [4.69, 9.17) is 0 Å². The van der Waals surface area contributed by atoms with Crippen LogP contribution >= 0.6 is 0 Å². The molecule has 2 nitrogen and oxygen atoms in total. The summed E-state index contributed by atoms with van der Waals surface area (Å²) in [6.45, 7) is 4.38. The molecule has 1 unspecified atom stereocenters. The molecule has 0 amide bonds.